The van der Waals surface area contributed by atoms with Crippen LogP contribution in [0.2, 0.25) is 10.0 Å². The summed E-state index contributed by atoms with van der Waals surface area (Å²) in [5.74, 6) is 1.48. The second-order valence-corrected chi connectivity index (χ2v) is 8.77. The molecule has 10 heteroatoms. The number of amides is 1. The molecule has 0 fully saturated rings. The van der Waals surface area contributed by atoms with Crippen LogP contribution in [0.4, 0.5) is 10.1 Å². The molecule has 0 radical (unpaired) electrons. The Balaban J connectivity index is 1.50. The van der Waals surface area contributed by atoms with E-state index >= 15 is 0 Å². The number of nitrogens with one attached hydrogen (secondary N) is 1. The van der Waals surface area contributed by atoms with Crippen molar-refractivity contribution in [2.75, 3.05) is 11.1 Å². The number of anilines is 1. The topological polar surface area (TPSA) is 59.8 Å². The van der Waals surface area contributed by atoms with Crippen LogP contribution in [0.3, 0.4) is 0 Å². The molecule has 0 unspecified atom stereocenters. The first kappa shape index (κ1) is 22.0. The molecule has 0 aliphatic heterocycles. The van der Waals surface area contributed by atoms with Crippen LogP contribution in [0.15, 0.2) is 47.6 Å². The Morgan fingerprint density at radius 2 is 1.97 bits per heavy atom. The summed E-state index contributed by atoms with van der Waals surface area (Å²) in [7, 11) is 1.85. The van der Waals surface area contributed by atoms with Crippen LogP contribution in [0, 0.1) is 5.82 Å². The lowest BCUT2D eigenvalue weighted by Crippen LogP contribution is -2.15. The van der Waals surface area contributed by atoms with E-state index in [1.54, 1.807) is 30.0 Å². The summed E-state index contributed by atoms with van der Waals surface area (Å²) < 4.78 is 15.4. The number of para-hydroxylation sites is 1. The van der Waals surface area contributed by atoms with Gasteiger partial charge in [0, 0.05) is 22.8 Å². The zero-order chi connectivity index (χ0) is 20.8. The second kappa shape index (κ2) is 10.3. The van der Waals surface area contributed by atoms with E-state index in [-0.39, 0.29) is 17.3 Å². The number of halogens is 3. The summed E-state index contributed by atoms with van der Waals surface area (Å²) in [5, 5.41) is 12.7. The summed E-state index contributed by atoms with van der Waals surface area (Å²) >= 11 is 15.0. The van der Waals surface area contributed by atoms with Gasteiger partial charge in [-0.25, -0.2) is 4.39 Å². The average molecular weight is 471 g/mol. The number of carbonyl (C=O) groups excluding carboxylic acids is 1. The van der Waals surface area contributed by atoms with E-state index in [9.17, 15) is 9.18 Å². The molecule has 29 heavy (non-hydrogen) atoms. The Labute approximate surface area is 186 Å². The lowest BCUT2D eigenvalue weighted by Gasteiger charge is -2.07. The molecule has 0 atom stereocenters. The Morgan fingerprint density at radius 1 is 1.17 bits per heavy atom. The molecular weight excluding hydrogens is 454 g/mol. The van der Waals surface area contributed by atoms with Crippen LogP contribution < -0.4 is 5.32 Å². The first-order valence-corrected chi connectivity index (χ1v) is 11.4. The quantitative estimate of drug-likeness (QED) is 0.445. The predicted octanol–water partition coefficient (Wildman–Crippen LogP) is 5.43. The third-order valence-corrected chi connectivity index (χ3v) is 6.49. The molecule has 0 saturated carbocycles. The molecule has 0 bridgehead atoms. The smallest absolute Gasteiger partial charge is 0.234 e. The van der Waals surface area contributed by atoms with Crippen LogP contribution in [0.1, 0.15) is 11.4 Å². The Bertz CT molecular complexity index is 1020. The van der Waals surface area contributed by atoms with Crippen molar-refractivity contribution in [1.29, 1.82) is 0 Å². The molecule has 0 saturated heterocycles. The van der Waals surface area contributed by atoms with Crippen LogP contribution in [0.5, 0.6) is 0 Å². The third kappa shape index (κ3) is 6.12. The van der Waals surface area contributed by atoms with Crippen molar-refractivity contribution in [3.63, 3.8) is 0 Å². The summed E-state index contributed by atoms with van der Waals surface area (Å²) in [6.45, 7) is 0. The Kier molecular flexibility index (Phi) is 7.83. The summed E-state index contributed by atoms with van der Waals surface area (Å²) in [5.41, 5.74) is 1.16. The van der Waals surface area contributed by atoms with E-state index in [1.807, 2.05) is 23.7 Å². The van der Waals surface area contributed by atoms with Crippen LogP contribution in [0.25, 0.3) is 0 Å². The first-order chi connectivity index (χ1) is 13.9. The number of hydrogen-bond donors (Lipinski definition) is 1. The molecule has 1 amide bonds. The maximum atomic E-state index is 13.6. The number of benzene rings is 2. The summed E-state index contributed by atoms with van der Waals surface area (Å²) in [6.07, 6.45) is 0. The molecule has 1 heterocycles. The monoisotopic (exact) mass is 470 g/mol. The molecule has 0 spiro atoms. The van der Waals surface area contributed by atoms with Crippen molar-refractivity contribution in [3.8, 4) is 0 Å². The molecule has 5 nitrogen and oxygen atoms in total. The second-order valence-electron chi connectivity index (χ2n) is 6.00. The van der Waals surface area contributed by atoms with E-state index < -0.39 is 5.82 Å². The van der Waals surface area contributed by atoms with E-state index in [1.165, 1.54) is 23.9 Å². The van der Waals surface area contributed by atoms with Gasteiger partial charge in [0.1, 0.15) is 11.6 Å². The van der Waals surface area contributed by atoms with Gasteiger partial charge >= 0.3 is 0 Å². The fourth-order valence-electron chi connectivity index (χ4n) is 2.37. The summed E-state index contributed by atoms with van der Waals surface area (Å²) in [6, 6.07) is 11.5. The van der Waals surface area contributed by atoms with Crippen molar-refractivity contribution in [3.05, 3.63) is 69.7 Å². The van der Waals surface area contributed by atoms with Gasteiger partial charge in [0.05, 0.1) is 17.2 Å². The first-order valence-electron chi connectivity index (χ1n) is 8.51. The number of rotatable bonds is 8. The van der Waals surface area contributed by atoms with Gasteiger partial charge in [-0.05, 0) is 29.8 Å². The van der Waals surface area contributed by atoms with Crippen molar-refractivity contribution in [2.45, 2.75) is 16.7 Å². The zero-order valence-corrected chi connectivity index (χ0v) is 18.5. The fraction of sp³-hybridized carbons (Fsp3) is 0.211. The molecule has 0 aliphatic carbocycles. The number of aromatic nitrogens is 3. The molecule has 1 N–H and O–H groups in total. The van der Waals surface area contributed by atoms with Crippen LogP contribution >= 0.6 is 46.7 Å². The minimum atomic E-state index is -0.468. The highest BCUT2D eigenvalue weighted by atomic mass is 35.5. The predicted molar refractivity (Wildman–Crippen MR) is 118 cm³/mol. The van der Waals surface area contributed by atoms with Crippen molar-refractivity contribution < 1.29 is 9.18 Å². The van der Waals surface area contributed by atoms with Gasteiger partial charge in [0.15, 0.2) is 5.16 Å². The molecule has 3 rings (SSSR count). The standard InChI is InChI=1S/C19H17Cl2FN4OS2/c1-26-17(10-28-9-12-6-7-13(20)8-14(12)21)24-25-19(26)29-11-18(27)23-16-5-3-2-4-15(16)22/h2-8H,9-11H2,1H3,(H,23,27). The lowest BCUT2D eigenvalue weighted by molar-refractivity contribution is -0.113. The van der Waals surface area contributed by atoms with Gasteiger partial charge in [0.2, 0.25) is 5.91 Å². The van der Waals surface area contributed by atoms with Gasteiger partial charge in [0.25, 0.3) is 0 Å². The van der Waals surface area contributed by atoms with E-state index in [0.717, 1.165) is 17.1 Å². The molecule has 3 aromatic rings. The normalized spacial score (nSPS) is 10.9. The largest absolute Gasteiger partial charge is 0.323 e. The highest BCUT2D eigenvalue weighted by Crippen LogP contribution is 2.26. The van der Waals surface area contributed by atoms with E-state index in [2.05, 4.69) is 15.5 Å². The Hall–Kier alpha value is -1.74. The minimum absolute atomic E-state index is 0.105. The van der Waals surface area contributed by atoms with Gasteiger partial charge in [-0.1, -0.05) is 53.2 Å². The number of hydrogen-bond acceptors (Lipinski definition) is 5. The van der Waals surface area contributed by atoms with Gasteiger partial charge in [-0.2, -0.15) is 0 Å². The number of thioether (sulfide) groups is 2. The Morgan fingerprint density at radius 3 is 2.72 bits per heavy atom. The maximum Gasteiger partial charge on any atom is 0.234 e. The van der Waals surface area contributed by atoms with Crippen molar-refractivity contribution in [2.24, 2.45) is 7.05 Å². The van der Waals surface area contributed by atoms with Gasteiger partial charge < -0.3 is 9.88 Å². The fourth-order valence-corrected chi connectivity index (χ4v) is 4.66. The number of carbonyl (C=O) groups is 1. The van der Waals surface area contributed by atoms with E-state index in [0.29, 0.717) is 21.0 Å². The SMILES string of the molecule is Cn1c(CSCc2ccc(Cl)cc2Cl)nnc1SCC(=O)Nc1ccccc1F. The molecular formula is C19H17Cl2FN4OS2. The molecule has 0 aliphatic rings. The highest BCUT2D eigenvalue weighted by molar-refractivity contribution is 7.99. The van der Waals surface area contributed by atoms with E-state index in [4.69, 9.17) is 23.2 Å². The highest BCUT2D eigenvalue weighted by Gasteiger charge is 2.13. The summed E-state index contributed by atoms with van der Waals surface area (Å²) in [4.78, 5) is 12.1. The lowest BCUT2D eigenvalue weighted by atomic mass is 10.2. The molecule has 1 aromatic heterocycles. The number of nitrogens with zero attached hydrogens (tertiary/aromatic N) is 3. The van der Waals surface area contributed by atoms with Crippen molar-refractivity contribution >= 4 is 58.3 Å². The zero-order valence-electron chi connectivity index (χ0n) is 15.4. The molecule has 2 aromatic carbocycles. The third-order valence-electron chi connectivity index (χ3n) is 3.91. The van der Waals surface area contributed by atoms with Gasteiger partial charge in [-0.15, -0.1) is 22.0 Å². The average Bonchev–Trinajstić information content (AvgIpc) is 3.03. The van der Waals surface area contributed by atoms with Crippen LogP contribution in [-0.2, 0) is 23.3 Å². The van der Waals surface area contributed by atoms with Gasteiger partial charge in [-0.3, -0.25) is 4.79 Å². The minimum Gasteiger partial charge on any atom is -0.323 e. The van der Waals surface area contributed by atoms with Crippen molar-refractivity contribution in [1.82, 2.24) is 14.8 Å². The molecule has 152 valence electrons. The van der Waals surface area contributed by atoms with Crippen LogP contribution in [-0.4, -0.2) is 26.4 Å². The maximum absolute atomic E-state index is 13.6.